The Morgan fingerprint density at radius 1 is 1.45 bits per heavy atom. The van der Waals surface area contributed by atoms with E-state index < -0.39 is 12.1 Å². The first-order valence-electron chi connectivity index (χ1n) is 2.81. The summed E-state index contributed by atoms with van der Waals surface area (Å²) in [5.41, 5.74) is 0. The molecule has 7 heteroatoms. The maximum atomic E-state index is 10.7. The van der Waals surface area contributed by atoms with Crippen molar-refractivity contribution in [2.45, 2.75) is 13.1 Å². The van der Waals surface area contributed by atoms with Crippen molar-refractivity contribution in [2.75, 3.05) is 6.61 Å². The number of carbonyl (C=O) groups excluding carboxylic acids is 1. The van der Waals surface area contributed by atoms with Gasteiger partial charge in [0.2, 0.25) is 0 Å². The van der Waals surface area contributed by atoms with Crippen molar-refractivity contribution >= 4 is 35.5 Å². The number of hydrogen-bond donors (Lipinski definition) is 0. The fraction of sp³-hybridized carbons (Fsp3) is 0.750. The van der Waals surface area contributed by atoms with Crippen molar-refractivity contribution < 1.29 is 9.53 Å². The predicted octanol–water partition coefficient (Wildman–Crippen LogP) is 0.0601. The molecular formula is C4H7N4NaO2. The summed E-state index contributed by atoms with van der Waals surface area (Å²) in [5, 5.41) is 13.0. The monoisotopic (exact) mass is 166 g/mol. The van der Waals surface area contributed by atoms with Gasteiger partial charge in [-0.05, 0) is 17.4 Å². The molecule has 56 valence electrons. The van der Waals surface area contributed by atoms with Crippen LogP contribution in [0.3, 0.4) is 0 Å². The molecule has 1 aliphatic rings. The van der Waals surface area contributed by atoms with E-state index in [1.54, 1.807) is 6.92 Å². The van der Waals surface area contributed by atoms with E-state index in [9.17, 15) is 4.79 Å². The summed E-state index contributed by atoms with van der Waals surface area (Å²) in [5.74, 6) is -0.507. The van der Waals surface area contributed by atoms with Gasteiger partial charge in [0.15, 0.2) is 0 Å². The number of hydrogen-bond acceptors (Lipinski definition) is 6. The summed E-state index contributed by atoms with van der Waals surface area (Å²) < 4.78 is 4.58. The van der Waals surface area contributed by atoms with Crippen LogP contribution in [0.5, 0.6) is 0 Å². The van der Waals surface area contributed by atoms with Crippen molar-refractivity contribution in [1.29, 1.82) is 0 Å². The summed E-state index contributed by atoms with van der Waals surface area (Å²) in [4.78, 5) is 10.7. The van der Waals surface area contributed by atoms with Crippen LogP contribution in [0.25, 0.3) is 0 Å². The van der Waals surface area contributed by atoms with Gasteiger partial charge in [0.25, 0.3) is 6.17 Å². The van der Waals surface area contributed by atoms with E-state index in [0.717, 1.165) is 0 Å². The standard InChI is InChI=1S/C4H6N4O2.Na.H/c1-2-10-4(9)3-5-7-8-6-3;;/h3H,2H2,1H3;;. The minimum absolute atomic E-state index is 0. The molecule has 0 radical (unpaired) electrons. The van der Waals surface area contributed by atoms with Crippen LogP contribution < -0.4 is 0 Å². The molecule has 1 rings (SSSR count). The van der Waals surface area contributed by atoms with Crippen LogP contribution in [-0.2, 0) is 9.53 Å². The zero-order chi connectivity index (χ0) is 7.40. The van der Waals surface area contributed by atoms with Gasteiger partial charge in [0.1, 0.15) is 0 Å². The molecule has 0 atom stereocenters. The van der Waals surface area contributed by atoms with Crippen LogP contribution in [0, 0.1) is 0 Å². The molecular weight excluding hydrogens is 159 g/mol. The molecule has 0 aromatic carbocycles. The summed E-state index contributed by atoms with van der Waals surface area (Å²) in [7, 11) is 0. The van der Waals surface area contributed by atoms with Gasteiger partial charge in [-0.2, -0.15) is 0 Å². The number of rotatable bonds is 2. The second kappa shape index (κ2) is 5.34. The summed E-state index contributed by atoms with van der Waals surface area (Å²) in [6.45, 7) is 2.03. The molecule has 0 spiro atoms. The van der Waals surface area contributed by atoms with Crippen molar-refractivity contribution in [3.63, 3.8) is 0 Å². The Morgan fingerprint density at radius 3 is 2.45 bits per heavy atom. The third-order valence-electron chi connectivity index (χ3n) is 0.859. The molecule has 0 N–H and O–H groups in total. The first kappa shape index (κ1) is 10.7. The molecule has 0 fully saturated rings. The molecule has 0 aromatic heterocycles. The van der Waals surface area contributed by atoms with Crippen LogP contribution in [0.4, 0.5) is 0 Å². The van der Waals surface area contributed by atoms with E-state index in [2.05, 4.69) is 25.4 Å². The Labute approximate surface area is 85.4 Å². The number of esters is 1. The van der Waals surface area contributed by atoms with Gasteiger partial charge in [0.05, 0.1) is 6.61 Å². The average Bonchev–Trinajstić information content (AvgIpc) is 2.38. The van der Waals surface area contributed by atoms with Crippen molar-refractivity contribution in [2.24, 2.45) is 20.7 Å². The molecule has 1 heterocycles. The zero-order valence-electron chi connectivity index (χ0n) is 5.39. The van der Waals surface area contributed by atoms with Crippen molar-refractivity contribution in [3.8, 4) is 0 Å². The SMILES string of the molecule is CCOC(=O)C1N=NN=N1.[NaH]. The molecule has 11 heavy (non-hydrogen) atoms. The minimum atomic E-state index is -0.861. The normalized spacial score (nSPS) is 14.6. The first-order valence-corrected chi connectivity index (χ1v) is 2.81. The molecule has 0 aromatic rings. The van der Waals surface area contributed by atoms with Crippen LogP contribution in [-0.4, -0.2) is 48.3 Å². The summed E-state index contributed by atoms with van der Waals surface area (Å²) in [6.07, 6.45) is -0.861. The fourth-order valence-corrected chi connectivity index (χ4v) is 0.478. The van der Waals surface area contributed by atoms with E-state index in [0.29, 0.717) is 6.61 Å². The van der Waals surface area contributed by atoms with Gasteiger partial charge >= 0.3 is 35.5 Å². The quantitative estimate of drug-likeness (QED) is 0.429. The van der Waals surface area contributed by atoms with Crippen molar-refractivity contribution in [3.05, 3.63) is 0 Å². The van der Waals surface area contributed by atoms with Crippen LogP contribution in [0.1, 0.15) is 6.92 Å². The van der Waals surface area contributed by atoms with Gasteiger partial charge in [-0.25, -0.2) is 4.79 Å². The first-order chi connectivity index (χ1) is 4.84. The molecule has 6 nitrogen and oxygen atoms in total. The molecule has 0 aliphatic carbocycles. The Bertz CT molecular complexity index is 181. The van der Waals surface area contributed by atoms with Gasteiger partial charge in [-0.15, -0.1) is 10.2 Å². The van der Waals surface area contributed by atoms with Gasteiger partial charge in [0, 0.05) is 0 Å². The van der Waals surface area contributed by atoms with E-state index in [4.69, 9.17) is 0 Å². The number of ether oxygens (including phenoxy) is 1. The second-order valence-electron chi connectivity index (χ2n) is 1.54. The molecule has 1 aliphatic heterocycles. The molecule has 0 saturated heterocycles. The summed E-state index contributed by atoms with van der Waals surface area (Å²) >= 11 is 0. The Kier molecular flexibility index (Phi) is 5.18. The van der Waals surface area contributed by atoms with Gasteiger partial charge in [-0.3, -0.25) is 0 Å². The van der Waals surface area contributed by atoms with E-state index >= 15 is 0 Å². The second-order valence-corrected chi connectivity index (χ2v) is 1.54. The maximum absolute atomic E-state index is 10.7. The molecule has 0 amide bonds. The Hall–Kier alpha value is -0.330. The van der Waals surface area contributed by atoms with Gasteiger partial charge in [-0.1, -0.05) is 0 Å². The van der Waals surface area contributed by atoms with Gasteiger partial charge < -0.3 is 4.74 Å². The van der Waals surface area contributed by atoms with Crippen LogP contribution in [0.15, 0.2) is 20.7 Å². The van der Waals surface area contributed by atoms with E-state index in [1.165, 1.54) is 0 Å². The van der Waals surface area contributed by atoms with Crippen molar-refractivity contribution in [1.82, 2.24) is 0 Å². The Balaban J connectivity index is 0.000001000. The molecule has 0 bridgehead atoms. The number of nitrogens with zero attached hydrogens (tertiary/aromatic N) is 4. The average molecular weight is 166 g/mol. The van der Waals surface area contributed by atoms with Crippen LogP contribution >= 0.6 is 0 Å². The molecule has 0 unspecified atom stereocenters. The van der Waals surface area contributed by atoms with Crippen LogP contribution in [0.2, 0.25) is 0 Å². The Morgan fingerprint density at radius 2 is 2.00 bits per heavy atom. The zero-order valence-corrected chi connectivity index (χ0v) is 5.39. The fourth-order valence-electron chi connectivity index (χ4n) is 0.478. The number of carbonyl (C=O) groups is 1. The predicted molar refractivity (Wildman–Crippen MR) is 37.3 cm³/mol. The third kappa shape index (κ3) is 3.04. The topological polar surface area (TPSA) is 75.7 Å². The summed E-state index contributed by atoms with van der Waals surface area (Å²) in [6, 6.07) is 0. The third-order valence-corrected chi connectivity index (χ3v) is 0.859. The van der Waals surface area contributed by atoms with E-state index in [-0.39, 0.29) is 29.6 Å². The van der Waals surface area contributed by atoms with E-state index in [1.807, 2.05) is 0 Å². The molecule has 0 saturated carbocycles.